The van der Waals surface area contributed by atoms with Crippen molar-refractivity contribution < 1.29 is 13.2 Å². The summed E-state index contributed by atoms with van der Waals surface area (Å²) in [5.41, 5.74) is 1.13. The molecule has 0 atom stereocenters. The van der Waals surface area contributed by atoms with Gasteiger partial charge in [0, 0.05) is 12.2 Å². The monoisotopic (exact) mass is 200 g/mol. The van der Waals surface area contributed by atoms with E-state index >= 15 is 0 Å². The quantitative estimate of drug-likeness (QED) is 0.428. The fraction of sp³-hybridized carbons (Fsp3) is 0.833. The SMILES string of the molecule is CCC(N)=NCCSC(F)(F)F. The molecule has 0 fully saturated rings. The fourth-order valence-electron chi connectivity index (χ4n) is 0.462. The number of rotatable bonds is 4. The summed E-state index contributed by atoms with van der Waals surface area (Å²) in [4.78, 5) is 3.72. The molecule has 2 N–H and O–H groups in total. The maximum Gasteiger partial charge on any atom is 0.441 e. The van der Waals surface area contributed by atoms with E-state index in [9.17, 15) is 13.2 Å². The molecule has 0 heterocycles. The molecule has 72 valence electrons. The summed E-state index contributed by atoms with van der Waals surface area (Å²) in [5, 5.41) is 0. The van der Waals surface area contributed by atoms with E-state index in [1.807, 2.05) is 0 Å². The lowest BCUT2D eigenvalue weighted by Crippen LogP contribution is -2.11. The second-order valence-electron chi connectivity index (χ2n) is 2.02. The molecule has 0 bridgehead atoms. The Balaban J connectivity index is 3.45. The standard InChI is InChI=1S/C6H11F3N2S/c1-2-5(10)11-3-4-12-6(7,8)9/h2-4H2,1H3,(H2,10,11). The van der Waals surface area contributed by atoms with E-state index in [-0.39, 0.29) is 24.1 Å². The molecule has 0 aromatic carbocycles. The predicted octanol–water partition coefficient (Wildman–Crippen LogP) is 2.01. The van der Waals surface area contributed by atoms with Crippen molar-refractivity contribution in [1.82, 2.24) is 0 Å². The average Bonchev–Trinajstić information content (AvgIpc) is 1.96. The van der Waals surface area contributed by atoms with E-state index in [1.54, 1.807) is 6.92 Å². The Morgan fingerprint density at radius 1 is 1.50 bits per heavy atom. The molecule has 2 nitrogen and oxygen atoms in total. The van der Waals surface area contributed by atoms with Crippen molar-refractivity contribution in [3.05, 3.63) is 0 Å². The molecule has 6 heteroatoms. The highest BCUT2D eigenvalue weighted by atomic mass is 32.2. The summed E-state index contributed by atoms with van der Waals surface area (Å²) in [6, 6.07) is 0. The smallest absolute Gasteiger partial charge is 0.387 e. The molecule has 0 unspecified atom stereocenters. The van der Waals surface area contributed by atoms with Crippen LogP contribution in [0.25, 0.3) is 0 Å². The molecule has 0 aliphatic carbocycles. The first-order valence-electron chi connectivity index (χ1n) is 3.45. The van der Waals surface area contributed by atoms with Gasteiger partial charge < -0.3 is 5.73 Å². The number of amidine groups is 1. The van der Waals surface area contributed by atoms with Gasteiger partial charge in [0.1, 0.15) is 0 Å². The van der Waals surface area contributed by atoms with Crippen LogP contribution in [0, 0.1) is 0 Å². The van der Waals surface area contributed by atoms with Crippen molar-refractivity contribution in [2.24, 2.45) is 10.7 Å². The van der Waals surface area contributed by atoms with Gasteiger partial charge >= 0.3 is 5.51 Å². The van der Waals surface area contributed by atoms with Gasteiger partial charge in [-0.15, -0.1) is 0 Å². The van der Waals surface area contributed by atoms with Crippen LogP contribution in [0.4, 0.5) is 13.2 Å². The number of thioether (sulfide) groups is 1. The summed E-state index contributed by atoms with van der Waals surface area (Å²) in [5.74, 6) is 0.335. The molecule has 0 aromatic heterocycles. The lowest BCUT2D eigenvalue weighted by molar-refractivity contribution is -0.0327. The molecule has 0 spiro atoms. The zero-order chi connectivity index (χ0) is 9.61. The Morgan fingerprint density at radius 3 is 2.50 bits per heavy atom. The van der Waals surface area contributed by atoms with Crippen molar-refractivity contribution in [2.75, 3.05) is 12.3 Å². The minimum Gasteiger partial charge on any atom is -0.387 e. The molecule has 0 aliphatic heterocycles. The van der Waals surface area contributed by atoms with Gasteiger partial charge in [0.25, 0.3) is 0 Å². The molecule has 0 amide bonds. The Hall–Kier alpha value is -0.390. The second kappa shape index (κ2) is 5.29. The Bertz CT molecular complexity index is 155. The molecule has 12 heavy (non-hydrogen) atoms. The van der Waals surface area contributed by atoms with Gasteiger partial charge in [-0.05, 0) is 11.8 Å². The minimum absolute atomic E-state index is 0.0653. The Labute approximate surface area is 73.4 Å². The van der Waals surface area contributed by atoms with Gasteiger partial charge in [0.15, 0.2) is 0 Å². The van der Waals surface area contributed by atoms with Crippen LogP contribution in [-0.4, -0.2) is 23.6 Å². The molecule has 0 saturated heterocycles. The molecule has 0 rings (SSSR count). The molecule has 0 saturated carbocycles. The van der Waals surface area contributed by atoms with E-state index in [2.05, 4.69) is 4.99 Å². The van der Waals surface area contributed by atoms with Crippen LogP contribution in [0.15, 0.2) is 4.99 Å². The Morgan fingerprint density at radius 2 is 2.08 bits per heavy atom. The minimum atomic E-state index is -4.16. The maximum atomic E-state index is 11.5. The van der Waals surface area contributed by atoms with Gasteiger partial charge in [-0.2, -0.15) is 13.2 Å². The lowest BCUT2D eigenvalue weighted by atomic mass is 10.4. The van der Waals surface area contributed by atoms with Gasteiger partial charge in [-0.1, -0.05) is 6.92 Å². The number of hydrogen-bond acceptors (Lipinski definition) is 2. The maximum absolute atomic E-state index is 11.5. The van der Waals surface area contributed by atoms with Crippen molar-refractivity contribution in [2.45, 2.75) is 18.9 Å². The number of nitrogens with two attached hydrogens (primary N) is 1. The number of aliphatic imine (C=N–C) groups is 1. The van der Waals surface area contributed by atoms with Gasteiger partial charge in [-0.25, -0.2) is 0 Å². The number of alkyl halides is 3. The molecule has 0 aromatic rings. The van der Waals surface area contributed by atoms with Crippen molar-refractivity contribution in [3.63, 3.8) is 0 Å². The normalized spacial score (nSPS) is 13.5. The number of halogens is 3. The average molecular weight is 200 g/mol. The highest BCUT2D eigenvalue weighted by Gasteiger charge is 2.27. The van der Waals surface area contributed by atoms with Gasteiger partial charge in [0.05, 0.1) is 12.4 Å². The van der Waals surface area contributed by atoms with Crippen molar-refractivity contribution >= 4 is 17.6 Å². The number of nitrogens with zero attached hydrogens (tertiary/aromatic N) is 1. The fourth-order valence-corrected chi connectivity index (χ4v) is 0.876. The van der Waals surface area contributed by atoms with E-state index in [0.717, 1.165) is 0 Å². The molecular weight excluding hydrogens is 189 g/mol. The first kappa shape index (κ1) is 11.6. The van der Waals surface area contributed by atoms with E-state index < -0.39 is 5.51 Å². The zero-order valence-corrected chi connectivity index (χ0v) is 7.50. The summed E-state index contributed by atoms with van der Waals surface area (Å²) < 4.78 is 34.6. The summed E-state index contributed by atoms with van der Waals surface area (Å²) in [7, 11) is 0. The first-order valence-corrected chi connectivity index (χ1v) is 4.43. The van der Waals surface area contributed by atoms with Crippen LogP contribution in [0.3, 0.4) is 0 Å². The van der Waals surface area contributed by atoms with Crippen LogP contribution < -0.4 is 5.73 Å². The van der Waals surface area contributed by atoms with Crippen LogP contribution in [0.5, 0.6) is 0 Å². The topological polar surface area (TPSA) is 38.4 Å². The summed E-state index contributed by atoms with van der Waals surface area (Å²) in [6.45, 7) is 1.93. The van der Waals surface area contributed by atoms with Gasteiger partial charge in [-0.3, -0.25) is 4.99 Å². The lowest BCUT2D eigenvalue weighted by Gasteiger charge is -2.02. The number of hydrogen-bond donors (Lipinski definition) is 1. The molecule has 0 aliphatic rings. The van der Waals surface area contributed by atoms with E-state index in [0.29, 0.717) is 12.3 Å². The highest BCUT2D eigenvalue weighted by Crippen LogP contribution is 2.29. The highest BCUT2D eigenvalue weighted by molar-refractivity contribution is 8.00. The third-order valence-corrected chi connectivity index (χ3v) is 1.75. The first-order chi connectivity index (χ1) is 5.45. The summed E-state index contributed by atoms with van der Waals surface area (Å²) >= 11 is -0.0766. The molecule has 0 radical (unpaired) electrons. The molecular formula is C6H11F3N2S. The van der Waals surface area contributed by atoms with Crippen LogP contribution in [-0.2, 0) is 0 Å². The zero-order valence-electron chi connectivity index (χ0n) is 6.69. The van der Waals surface area contributed by atoms with Crippen molar-refractivity contribution in [1.29, 1.82) is 0 Å². The van der Waals surface area contributed by atoms with Gasteiger partial charge in [0.2, 0.25) is 0 Å². The van der Waals surface area contributed by atoms with E-state index in [4.69, 9.17) is 5.73 Å². The Kier molecular flexibility index (Phi) is 5.12. The summed E-state index contributed by atoms with van der Waals surface area (Å²) in [6.07, 6.45) is 0.580. The van der Waals surface area contributed by atoms with Crippen LogP contribution in [0.1, 0.15) is 13.3 Å². The predicted molar refractivity (Wildman–Crippen MR) is 45.3 cm³/mol. The second-order valence-corrected chi connectivity index (χ2v) is 3.18. The third-order valence-electron chi connectivity index (χ3n) is 1.03. The van der Waals surface area contributed by atoms with Crippen LogP contribution in [0.2, 0.25) is 0 Å². The van der Waals surface area contributed by atoms with E-state index in [1.165, 1.54) is 0 Å². The third kappa shape index (κ3) is 7.71. The largest absolute Gasteiger partial charge is 0.441 e. The van der Waals surface area contributed by atoms with Crippen LogP contribution >= 0.6 is 11.8 Å². The van der Waals surface area contributed by atoms with Crippen molar-refractivity contribution in [3.8, 4) is 0 Å².